The number of nitro groups is 1. The second-order valence-electron chi connectivity index (χ2n) is 5.44. The van der Waals surface area contributed by atoms with Crippen molar-refractivity contribution in [1.82, 2.24) is 0 Å². The van der Waals surface area contributed by atoms with Gasteiger partial charge in [-0.1, -0.05) is 51.9 Å². The Morgan fingerprint density at radius 3 is 2.05 bits per heavy atom. The molecule has 0 aliphatic carbocycles. The molecule has 0 heterocycles. The van der Waals surface area contributed by atoms with E-state index >= 15 is 0 Å². The number of nitrogens with zero attached hydrogens (tertiary/aromatic N) is 1. The molecule has 5 nitrogen and oxygen atoms in total. The summed E-state index contributed by atoms with van der Waals surface area (Å²) in [6.45, 7) is 5.00. The number of unbranched alkanes of at least 4 members (excludes halogenated alkanes) is 7. The van der Waals surface area contributed by atoms with Gasteiger partial charge < -0.3 is 4.74 Å². The third kappa shape index (κ3) is 9.75. The van der Waals surface area contributed by atoms with Crippen LogP contribution in [0.2, 0.25) is 0 Å². The van der Waals surface area contributed by atoms with Crippen LogP contribution in [-0.4, -0.2) is 23.0 Å². The molecule has 0 amide bonds. The third-order valence-corrected chi connectivity index (χ3v) is 3.53. The first-order valence-electron chi connectivity index (χ1n) is 7.79. The van der Waals surface area contributed by atoms with Gasteiger partial charge in [-0.2, -0.15) is 0 Å². The van der Waals surface area contributed by atoms with Gasteiger partial charge in [0.05, 0.1) is 0 Å². The summed E-state index contributed by atoms with van der Waals surface area (Å²) in [6.07, 6.45) is 9.42. The Bertz CT molecular complexity index is 281. The largest absolute Gasteiger partial charge is 0.455 e. The smallest absolute Gasteiger partial charge is 0.303 e. The van der Waals surface area contributed by atoms with E-state index in [1.807, 2.05) is 0 Å². The summed E-state index contributed by atoms with van der Waals surface area (Å²) in [5, 5.41) is 10.8. The lowest BCUT2D eigenvalue weighted by Crippen LogP contribution is -2.34. The molecule has 0 radical (unpaired) electrons. The minimum absolute atomic E-state index is 0.377. The molecule has 0 spiro atoms. The molecule has 0 aromatic carbocycles. The number of hydrogen-bond acceptors (Lipinski definition) is 4. The van der Waals surface area contributed by atoms with Crippen molar-refractivity contribution >= 4 is 5.97 Å². The third-order valence-electron chi connectivity index (χ3n) is 3.53. The van der Waals surface area contributed by atoms with Gasteiger partial charge in [-0.3, -0.25) is 14.9 Å². The van der Waals surface area contributed by atoms with Crippen molar-refractivity contribution in [2.75, 3.05) is 0 Å². The lowest BCUT2D eigenvalue weighted by Gasteiger charge is -2.17. The molecule has 0 bridgehead atoms. The van der Waals surface area contributed by atoms with Gasteiger partial charge in [0.2, 0.25) is 6.04 Å². The van der Waals surface area contributed by atoms with Crippen molar-refractivity contribution < 1.29 is 14.5 Å². The number of carbonyl (C=O) groups excluding carboxylic acids is 1. The molecule has 0 rings (SSSR count). The predicted molar refractivity (Wildman–Crippen MR) is 79.2 cm³/mol. The molecule has 2 unspecified atom stereocenters. The molecule has 5 heteroatoms. The molecular weight excluding hydrogens is 258 g/mol. The minimum Gasteiger partial charge on any atom is -0.455 e. The maximum atomic E-state index is 11.0. The Hall–Kier alpha value is -1.13. The van der Waals surface area contributed by atoms with Crippen LogP contribution in [0, 0.1) is 10.1 Å². The summed E-state index contributed by atoms with van der Waals surface area (Å²) in [4.78, 5) is 21.4. The normalized spacial score (nSPS) is 13.8. The van der Waals surface area contributed by atoms with E-state index in [-0.39, 0.29) is 4.92 Å². The summed E-state index contributed by atoms with van der Waals surface area (Å²) in [5.74, 6) is -0.441. The van der Waals surface area contributed by atoms with Crippen molar-refractivity contribution in [1.29, 1.82) is 0 Å². The quantitative estimate of drug-likeness (QED) is 0.234. The first-order chi connectivity index (χ1) is 9.49. The van der Waals surface area contributed by atoms with E-state index in [0.717, 1.165) is 19.3 Å². The van der Waals surface area contributed by atoms with Gasteiger partial charge in [0.25, 0.3) is 0 Å². The highest BCUT2D eigenvalue weighted by Crippen LogP contribution is 2.15. The molecule has 0 aliphatic heterocycles. The topological polar surface area (TPSA) is 69.4 Å². The number of ether oxygens (including phenoxy) is 1. The zero-order valence-electron chi connectivity index (χ0n) is 13.1. The summed E-state index contributed by atoms with van der Waals surface area (Å²) in [7, 11) is 0. The van der Waals surface area contributed by atoms with Crippen LogP contribution in [0.4, 0.5) is 0 Å². The maximum absolute atomic E-state index is 11.0. The van der Waals surface area contributed by atoms with Gasteiger partial charge in [0.15, 0.2) is 6.10 Å². The van der Waals surface area contributed by atoms with Crippen LogP contribution in [0.3, 0.4) is 0 Å². The van der Waals surface area contributed by atoms with Crippen molar-refractivity contribution in [3.8, 4) is 0 Å². The second kappa shape index (κ2) is 11.7. The van der Waals surface area contributed by atoms with Gasteiger partial charge in [-0.15, -0.1) is 0 Å². The highest BCUT2D eigenvalue weighted by atomic mass is 16.6. The minimum atomic E-state index is -0.830. The fraction of sp³-hybridized carbons (Fsp3) is 0.933. The fourth-order valence-electron chi connectivity index (χ4n) is 2.23. The van der Waals surface area contributed by atoms with Gasteiger partial charge in [0, 0.05) is 18.8 Å². The number of esters is 1. The van der Waals surface area contributed by atoms with Crippen molar-refractivity contribution in [3.05, 3.63) is 10.1 Å². The van der Waals surface area contributed by atoms with Crippen LogP contribution < -0.4 is 0 Å². The van der Waals surface area contributed by atoms with Crippen LogP contribution in [-0.2, 0) is 9.53 Å². The second-order valence-corrected chi connectivity index (χ2v) is 5.44. The molecule has 20 heavy (non-hydrogen) atoms. The fourth-order valence-corrected chi connectivity index (χ4v) is 2.23. The van der Waals surface area contributed by atoms with Crippen LogP contribution in [0.25, 0.3) is 0 Å². The zero-order chi connectivity index (χ0) is 15.4. The van der Waals surface area contributed by atoms with E-state index in [1.54, 1.807) is 0 Å². The van der Waals surface area contributed by atoms with E-state index in [2.05, 4.69) is 6.92 Å². The van der Waals surface area contributed by atoms with Crippen LogP contribution in [0.5, 0.6) is 0 Å². The van der Waals surface area contributed by atoms with Crippen molar-refractivity contribution in [3.63, 3.8) is 0 Å². The number of hydrogen-bond donors (Lipinski definition) is 0. The first kappa shape index (κ1) is 18.9. The van der Waals surface area contributed by atoms with Gasteiger partial charge in [-0.05, 0) is 12.8 Å². The van der Waals surface area contributed by atoms with Gasteiger partial charge in [0.1, 0.15) is 0 Å². The molecule has 0 saturated carbocycles. The maximum Gasteiger partial charge on any atom is 0.303 e. The van der Waals surface area contributed by atoms with Crippen molar-refractivity contribution in [2.45, 2.75) is 90.7 Å². The molecule has 0 saturated heterocycles. The SMILES string of the molecule is CCCCCCCCCCC(OC(C)=O)C(C)[N+](=O)[O-]. The Morgan fingerprint density at radius 1 is 1.10 bits per heavy atom. The molecule has 0 aromatic rings. The van der Waals surface area contributed by atoms with Gasteiger partial charge >= 0.3 is 5.97 Å². The Labute approximate surface area is 122 Å². The van der Waals surface area contributed by atoms with Crippen LogP contribution in [0.1, 0.15) is 78.6 Å². The molecule has 118 valence electrons. The molecule has 0 aliphatic rings. The Balaban J connectivity index is 3.79. The van der Waals surface area contributed by atoms with E-state index in [9.17, 15) is 14.9 Å². The zero-order valence-corrected chi connectivity index (χ0v) is 13.1. The molecule has 2 atom stereocenters. The summed E-state index contributed by atoms with van der Waals surface area (Å²) >= 11 is 0. The molecular formula is C15H29NO4. The van der Waals surface area contributed by atoms with Crippen LogP contribution in [0.15, 0.2) is 0 Å². The van der Waals surface area contributed by atoms with Crippen molar-refractivity contribution in [2.24, 2.45) is 0 Å². The summed E-state index contributed by atoms with van der Waals surface area (Å²) < 4.78 is 5.05. The predicted octanol–water partition coefficient (Wildman–Crippen LogP) is 4.11. The Morgan fingerprint density at radius 2 is 1.60 bits per heavy atom. The lowest BCUT2D eigenvalue weighted by molar-refractivity contribution is -0.529. The number of carbonyl (C=O) groups is 1. The van der Waals surface area contributed by atoms with Gasteiger partial charge in [-0.25, -0.2) is 0 Å². The van der Waals surface area contributed by atoms with E-state index in [1.165, 1.54) is 46.0 Å². The van der Waals surface area contributed by atoms with E-state index in [0.29, 0.717) is 6.42 Å². The average Bonchev–Trinajstić information content (AvgIpc) is 2.39. The first-order valence-corrected chi connectivity index (χ1v) is 7.79. The summed E-state index contributed by atoms with van der Waals surface area (Å²) in [5.41, 5.74) is 0. The number of rotatable bonds is 12. The highest BCUT2D eigenvalue weighted by molar-refractivity contribution is 5.66. The Kier molecular flexibility index (Phi) is 11.0. The standard InChI is InChI=1S/C15H29NO4/c1-4-5-6-7-8-9-10-11-12-15(20-14(3)17)13(2)16(18)19/h13,15H,4-12H2,1-3H3. The lowest BCUT2D eigenvalue weighted by atomic mass is 10.0. The van der Waals surface area contributed by atoms with E-state index < -0.39 is 18.1 Å². The summed E-state index contributed by atoms with van der Waals surface area (Å²) in [6, 6.07) is -0.830. The molecule has 0 aromatic heterocycles. The highest BCUT2D eigenvalue weighted by Gasteiger charge is 2.28. The molecule has 0 N–H and O–H groups in total. The monoisotopic (exact) mass is 287 g/mol. The molecule has 0 fully saturated rings. The average molecular weight is 287 g/mol. The van der Waals surface area contributed by atoms with E-state index in [4.69, 9.17) is 4.74 Å². The van der Waals surface area contributed by atoms with Crippen LogP contribution >= 0.6 is 0 Å².